The molecule has 0 fully saturated rings. The molecule has 0 aliphatic heterocycles. The second kappa shape index (κ2) is 8.26. The second-order valence-electron chi connectivity index (χ2n) is 6.18. The van der Waals surface area contributed by atoms with E-state index in [4.69, 9.17) is 9.15 Å². The maximum atomic E-state index is 12.3. The molecule has 29 heavy (non-hydrogen) atoms. The predicted octanol–water partition coefficient (Wildman–Crippen LogP) is 3.93. The largest absolute Gasteiger partial charge is 0.457 e. The molecule has 144 valence electrons. The van der Waals surface area contributed by atoms with Crippen molar-refractivity contribution in [2.24, 2.45) is 0 Å². The molecule has 1 heterocycles. The van der Waals surface area contributed by atoms with Crippen LogP contribution >= 0.6 is 0 Å². The Balaban J connectivity index is 1.39. The number of aromatic nitrogens is 2. The first-order chi connectivity index (χ1) is 14.2. The van der Waals surface area contributed by atoms with E-state index in [-0.39, 0.29) is 12.4 Å². The van der Waals surface area contributed by atoms with Gasteiger partial charge in [-0.25, -0.2) is 4.79 Å². The molecule has 0 aliphatic rings. The lowest BCUT2D eigenvalue weighted by Gasteiger charge is -2.08. The van der Waals surface area contributed by atoms with Crippen LogP contribution in [0.25, 0.3) is 11.5 Å². The normalized spacial score (nSPS) is 10.5. The number of para-hydroxylation sites is 1. The van der Waals surface area contributed by atoms with Gasteiger partial charge in [0.05, 0.1) is 0 Å². The Kier molecular flexibility index (Phi) is 5.20. The monoisotopic (exact) mass is 387 g/mol. The molecule has 0 unspecified atom stereocenters. The average Bonchev–Trinajstić information content (AvgIpc) is 3.11. The van der Waals surface area contributed by atoms with E-state index in [0.29, 0.717) is 17.0 Å². The minimum atomic E-state index is -0.689. The third kappa shape index (κ3) is 4.59. The Morgan fingerprint density at radius 3 is 2.21 bits per heavy atom. The number of carbonyl (C=O) groups excluding carboxylic acids is 1. The van der Waals surface area contributed by atoms with Crippen molar-refractivity contribution < 1.29 is 13.9 Å². The van der Waals surface area contributed by atoms with Crippen molar-refractivity contribution >= 4 is 11.6 Å². The zero-order valence-corrected chi connectivity index (χ0v) is 15.3. The summed E-state index contributed by atoms with van der Waals surface area (Å²) in [5.41, 5.74) is 1.24. The molecule has 7 heteroatoms. The number of benzene rings is 3. The third-order valence-electron chi connectivity index (χ3n) is 4.04. The van der Waals surface area contributed by atoms with E-state index in [1.54, 1.807) is 36.4 Å². The summed E-state index contributed by atoms with van der Waals surface area (Å²) in [4.78, 5) is 24.2. The molecule has 0 aliphatic carbocycles. The van der Waals surface area contributed by atoms with Crippen LogP contribution in [0.1, 0.15) is 0 Å². The van der Waals surface area contributed by atoms with Crippen LogP contribution in [0.4, 0.5) is 5.69 Å². The molecule has 0 saturated carbocycles. The van der Waals surface area contributed by atoms with E-state index in [9.17, 15) is 9.59 Å². The standard InChI is InChI=1S/C22H17N3O4/c26-20(15-25-22(27)29-21(24-25)16-7-3-1-4-8-16)23-17-11-13-19(14-12-17)28-18-9-5-2-6-10-18/h1-14H,15H2,(H,23,26). The van der Waals surface area contributed by atoms with Crippen LogP contribution in [0, 0.1) is 0 Å². The van der Waals surface area contributed by atoms with Gasteiger partial charge in [0.1, 0.15) is 18.0 Å². The summed E-state index contributed by atoms with van der Waals surface area (Å²) in [6, 6.07) is 25.4. The zero-order valence-electron chi connectivity index (χ0n) is 15.3. The van der Waals surface area contributed by atoms with Crippen molar-refractivity contribution in [3.05, 3.63) is 95.5 Å². The minimum Gasteiger partial charge on any atom is -0.457 e. The first-order valence-electron chi connectivity index (χ1n) is 8.93. The molecule has 4 aromatic rings. The fourth-order valence-electron chi connectivity index (χ4n) is 2.67. The van der Waals surface area contributed by atoms with Gasteiger partial charge in [-0.3, -0.25) is 4.79 Å². The number of nitrogens with zero attached hydrogens (tertiary/aromatic N) is 2. The highest BCUT2D eigenvalue weighted by Crippen LogP contribution is 2.22. The maximum Gasteiger partial charge on any atom is 0.437 e. The molecule has 0 bridgehead atoms. The second-order valence-corrected chi connectivity index (χ2v) is 6.18. The van der Waals surface area contributed by atoms with Crippen LogP contribution in [0.2, 0.25) is 0 Å². The predicted molar refractivity (Wildman–Crippen MR) is 108 cm³/mol. The summed E-state index contributed by atoms with van der Waals surface area (Å²) in [5, 5.41) is 6.80. The highest BCUT2D eigenvalue weighted by Gasteiger charge is 2.13. The number of rotatable bonds is 6. The van der Waals surface area contributed by atoms with Crippen LogP contribution in [-0.4, -0.2) is 15.7 Å². The van der Waals surface area contributed by atoms with Gasteiger partial charge in [0, 0.05) is 11.3 Å². The van der Waals surface area contributed by atoms with Crippen LogP contribution < -0.4 is 15.8 Å². The Bertz CT molecular complexity index is 1150. The zero-order chi connectivity index (χ0) is 20.1. The molecule has 3 aromatic carbocycles. The third-order valence-corrected chi connectivity index (χ3v) is 4.04. The summed E-state index contributed by atoms with van der Waals surface area (Å²) < 4.78 is 11.8. The van der Waals surface area contributed by atoms with Gasteiger partial charge >= 0.3 is 5.76 Å². The van der Waals surface area contributed by atoms with Crippen LogP contribution in [0.5, 0.6) is 11.5 Å². The van der Waals surface area contributed by atoms with Gasteiger partial charge < -0.3 is 14.5 Å². The fraction of sp³-hybridized carbons (Fsp3) is 0.0455. The van der Waals surface area contributed by atoms with Crippen LogP contribution in [0.3, 0.4) is 0 Å². The lowest BCUT2D eigenvalue weighted by Crippen LogP contribution is -2.25. The van der Waals surface area contributed by atoms with E-state index in [1.165, 1.54) is 0 Å². The molecule has 0 radical (unpaired) electrons. The Morgan fingerprint density at radius 1 is 0.897 bits per heavy atom. The highest BCUT2D eigenvalue weighted by atomic mass is 16.5. The lowest BCUT2D eigenvalue weighted by atomic mass is 10.2. The highest BCUT2D eigenvalue weighted by molar-refractivity contribution is 5.90. The van der Waals surface area contributed by atoms with Crippen LogP contribution in [0.15, 0.2) is 94.1 Å². The summed E-state index contributed by atoms with van der Waals surface area (Å²) >= 11 is 0. The average molecular weight is 387 g/mol. The van der Waals surface area contributed by atoms with Crippen molar-refractivity contribution in [3.8, 4) is 23.0 Å². The number of hydrogen-bond acceptors (Lipinski definition) is 5. The summed E-state index contributed by atoms with van der Waals surface area (Å²) in [5.74, 6) is 0.464. The minimum absolute atomic E-state index is 0.172. The number of anilines is 1. The number of hydrogen-bond donors (Lipinski definition) is 1. The molecule has 0 atom stereocenters. The molecular formula is C22H17N3O4. The smallest absolute Gasteiger partial charge is 0.437 e. The van der Waals surface area contributed by atoms with E-state index < -0.39 is 11.7 Å². The Labute approximate surface area is 166 Å². The van der Waals surface area contributed by atoms with E-state index in [0.717, 1.165) is 10.4 Å². The summed E-state index contributed by atoms with van der Waals surface area (Å²) in [6.07, 6.45) is 0. The first kappa shape index (κ1) is 18.2. The molecule has 7 nitrogen and oxygen atoms in total. The van der Waals surface area contributed by atoms with Crippen molar-refractivity contribution in [1.29, 1.82) is 0 Å². The van der Waals surface area contributed by atoms with Crippen molar-refractivity contribution in [2.75, 3.05) is 5.32 Å². The van der Waals surface area contributed by atoms with Crippen molar-refractivity contribution in [1.82, 2.24) is 9.78 Å². The fourth-order valence-corrected chi connectivity index (χ4v) is 2.67. The number of ether oxygens (including phenoxy) is 1. The van der Waals surface area contributed by atoms with Gasteiger partial charge in [0.2, 0.25) is 11.8 Å². The molecule has 0 saturated heterocycles. The van der Waals surface area contributed by atoms with Gasteiger partial charge in [-0.1, -0.05) is 36.4 Å². The quantitative estimate of drug-likeness (QED) is 0.542. The van der Waals surface area contributed by atoms with E-state index >= 15 is 0 Å². The van der Waals surface area contributed by atoms with E-state index in [1.807, 2.05) is 48.5 Å². The lowest BCUT2D eigenvalue weighted by molar-refractivity contribution is -0.117. The molecule has 1 N–H and O–H groups in total. The summed E-state index contributed by atoms with van der Waals surface area (Å²) in [6.45, 7) is -0.253. The maximum absolute atomic E-state index is 12.3. The molecular weight excluding hydrogens is 370 g/mol. The topological polar surface area (TPSA) is 86.4 Å². The van der Waals surface area contributed by atoms with Gasteiger partial charge in [-0.2, -0.15) is 4.68 Å². The Morgan fingerprint density at radius 2 is 1.52 bits per heavy atom. The molecule has 4 rings (SSSR count). The van der Waals surface area contributed by atoms with Gasteiger partial charge in [0.25, 0.3) is 0 Å². The van der Waals surface area contributed by atoms with E-state index in [2.05, 4.69) is 10.4 Å². The van der Waals surface area contributed by atoms with Gasteiger partial charge in [-0.15, -0.1) is 5.10 Å². The van der Waals surface area contributed by atoms with Crippen LogP contribution in [-0.2, 0) is 11.3 Å². The van der Waals surface area contributed by atoms with Gasteiger partial charge in [0.15, 0.2) is 0 Å². The molecule has 1 amide bonds. The van der Waals surface area contributed by atoms with Crippen molar-refractivity contribution in [2.45, 2.75) is 6.54 Å². The molecule has 1 aromatic heterocycles. The Hall–Kier alpha value is -4.13. The van der Waals surface area contributed by atoms with Gasteiger partial charge in [-0.05, 0) is 48.5 Å². The summed E-state index contributed by atoms with van der Waals surface area (Å²) in [7, 11) is 0. The van der Waals surface area contributed by atoms with Crippen molar-refractivity contribution in [3.63, 3.8) is 0 Å². The number of nitrogens with one attached hydrogen (secondary N) is 1. The SMILES string of the molecule is O=C(Cn1nc(-c2ccccc2)oc1=O)Nc1ccc(Oc2ccccc2)cc1. The first-order valence-corrected chi connectivity index (χ1v) is 8.93. The number of carbonyl (C=O) groups is 1. The number of amides is 1. The molecule has 0 spiro atoms.